The van der Waals surface area contributed by atoms with Gasteiger partial charge in [-0.05, 0) is 62.9 Å². The number of sulfonamides is 1. The van der Waals surface area contributed by atoms with Gasteiger partial charge in [-0.2, -0.15) is 9.29 Å². The van der Waals surface area contributed by atoms with Crippen molar-refractivity contribution in [3.63, 3.8) is 0 Å². The molecule has 0 amide bonds. The third kappa shape index (κ3) is 3.97. The zero-order valence-corrected chi connectivity index (χ0v) is 17.7. The maximum atomic E-state index is 13.2. The van der Waals surface area contributed by atoms with E-state index in [9.17, 15) is 8.42 Å². The summed E-state index contributed by atoms with van der Waals surface area (Å²) >= 11 is 0. The molecular formula is C22H25N3O3S. The summed E-state index contributed by atoms with van der Waals surface area (Å²) in [6.07, 6.45) is 1.59. The van der Waals surface area contributed by atoms with E-state index in [0.29, 0.717) is 29.7 Å². The van der Waals surface area contributed by atoms with Crippen LogP contribution in [0.4, 0.5) is 0 Å². The van der Waals surface area contributed by atoms with Gasteiger partial charge in [0.15, 0.2) is 0 Å². The molecule has 0 spiro atoms. The molecule has 3 aromatic rings. The third-order valence-electron chi connectivity index (χ3n) is 5.57. The fourth-order valence-electron chi connectivity index (χ4n) is 3.69. The molecule has 7 heteroatoms. The van der Waals surface area contributed by atoms with Crippen LogP contribution >= 0.6 is 0 Å². The van der Waals surface area contributed by atoms with Gasteiger partial charge in [0.1, 0.15) is 0 Å². The lowest BCUT2D eigenvalue weighted by molar-refractivity contribution is 0.265. The number of hydrogen-bond donors (Lipinski definition) is 0. The van der Waals surface area contributed by atoms with Gasteiger partial charge in [-0.1, -0.05) is 35.0 Å². The summed E-state index contributed by atoms with van der Waals surface area (Å²) in [6, 6.07) is 13.2. The van der Waals surface area contributed by atoms with Crippen LogP contribution in [-0.4, -0.2) is 36.0 Å². The Morgan fingerprint density at radius 1 is 1.07 bits per heavy atom. The Morgan fingerprint density at radius 3 is 2.66 bits per heavy atom. The van der Waals surface area contributed by atoms with Crippen LogP contribution in [0.3, 0.4) is 0 Å². The highest BCUT2D eigenvalue weighted by Gasteiger charge is 2.33. The van der Waals surface area contributed by atoms with Crippen molar-refractivity contribution in [2.75, 3.05) is 13.1 Å². The van der Waals surface area contributed by atoms with E-state index in [4.69, 9.17) is 4.52 Å². The first-order valence-corrected chi connectivity index (χ1v) is 11.3. The topological polar surface area (TPSA) is 76.3 Å². The lowest BCUT2D eigenvalue weighted by Crippen LogP contribution is -2.39. The lowest BCUT2D eigenvalue weighted by Gasteiger charge is -2.30. The molecular weight excluding hydrogens is 386 g/mol. The number of hydrogen-bond acceptors (Lipinski definition) is 5. The fourth-order valence-corrected chi connectivity index (χ4v) is 5.30. The van der Waals surface area contributed by atoms with Gasteiger partial charge in [0.2, 0.25) is 21.7 Å². The minimum atomic E-state index is -3.55. The van der Waals surface area contributed by atoms with E-state index >= 15 is 0 Å². The molecule has 1 fully saturated rings. The molecule has 1 aromatic heterocycles. The number of nitrogens with zero attached hydrogens (tertiary/aromatic N) is 3. The van der Waals surface area contributed by atoms with E-state index in [1.54, 1.807) is 16.4 Å². The highest BCUT2D eigenvalue weighted by molar-refractivity contribution is 7.89. The number of rotatable bonds is 4. The maximum absolute atomic E-state index is 13.2. The van der Waals surface area contributed by atoms with Crippen LogP contribution < -0.4 is 0 Å². The van der Waals surface area contributed by atoms with Crippen molar-refractivity contribution in [3.05, 3.63) is 65.0 Å². The average molecular weight is 412 g/mol. The summed E-state index contributed by atoms with van der Waals surface area (Å²) in [5.74, 6) is 0.940. The largest absolute Gasteiger partial charge is 0.339 e. The van der Waals surface area contributed by atoms with Crippen LogP contribution in [0.1, 0.15) is 41.3 Å². The van der Waals surface area contributed by atoms with Crippen molar-refractivity contribution >= 4 is 10.0 Å². The molecule has 2 heterocycles. The number of aromatic nitrogens is 2. The molecule has 0 unspecified atom stereocenters. The van der Waals surface area contributed by atoms with Crippen LogP contribution in [0.15, 0.2) is 51.9 Å². The number of benzene rings is 2. The minimum Gasteiger partial charge on any atom is -0.339 e. The summed E-state index contributed by atoms with van der Waals surface area (Å²) < 4.78 is 33.4. The Balaban J connectivity index is 1.56. The van der Waals surface area contributed by atoms with E-state index < -0.39 is 10.0 Å². The zero-order chi connectivity index (χ0) is 20.6. The molecule has 0 aliphatic carbocycles. The molecule has 0 bridgehead atoms. The van der Waals surface area contributed by atoms with Gasteiger partial charge >= 0.3 is 0 Å². The summed E-state index contributed by atoms with van der Waals surface area (Å²) in [5, 5.41) is 4.12. The van der Waals surface area contributed by atoms with E-state index in [1.165, 1.54) is 0 Å². The highest BCUT2D eigenvalue weighted by atomic mass is 32.2. The van der Waals surface area contributed by atoms with Gasteiger partial charge in [0, 0.05) is 18.7 Å². The molecule has 2 aromatic carbocycles. The molecule has 1 atom stereocenters. The standard InChI is InChI=1S/C22H25N3O3S/c1-15-6-4-7-18(12-15)21-23-22(28-24-21)19-8-5-11-25(14-19)29(26,27)20-10-9-16(2)17(3)13-20/h4,6-7,9-10,12-13,19H,5,8,11,14H2,1-3H3/t19-/m1/s1. The molecule has 29 heavy (non-hydrogen) atoms. The molecule has 1 saturated heterocycles. The molecule has 1 aliphatic heterocycles. The Kier molecular flexibility index (Phi) is 5.27. The second kappa shape index (κ2) is 7.72. The van der Waals surface area contributed by atoms with Crippen LogP contribution in [0.25, 0.3) is 11.4 Å². The fraction of sp³-hybridized carbons (Fsp3) is 0.364. The van der Waals surface area contributed by atoms with Gasteiger partial charge < -0.3 is 4.52 Å². The number of piperidine rings is 1. The Bertz CT molecular complexity index is 1140. The average Bonchev–Trinajstić information content (AvgIpc) is 3.20. The van der Waals surface area contributed by atoms with Crippen LogP contribution in [-0.2, 0) is 10.0 Å². The second-order valence-electron chi connectivity index (χ2n) is 7.77. The summed E-state index contributed by atoms with van der Waals surface area (Å²) in [6.45, 7) is 6.78. The number of aryl methyl sites for hydroxylation is 3. The Labute approximate surface area is 171 Å². The van der Waals surface area contributed by atoms with Gasteiger partial charge in [0.05, 0.1) is 10.8 Å². The first-order valence-electron chi connectivity index (χ1n) is 9.82. The highest BCUT2D eigenvalue weighted by Crippen LogP contribution is 2.31. The van der Waals surface area contributed by atoms with E-state index in [0.717, 1.165) is 35.1 Å². The van der Waals surface area contributed by atoms with E-state index in [1.807, 2.05) is 51.1 Å². The molecule has 0 saturated carbocycles. The maximum Gasteiger partial charge on any atom is 0.243 e. The summed E-state index contributed by atoms with van der Waals surface area (Å²) in [4.78, 5) is 4.90. The normalized spacial score (nSPS) is 18.1. The quantitative estimate of drug-likeness (QED) is 0.642. The molecule has 0 radical (unpaired) electrons. The van der Waals surface area contributed by atoms with Crippen molar-refractivity contribution in [1.82, 2.24) is 14.4 Å². The monoisotopic (exact) mass is 411 g/mol. The first-order chi connectivity index (χ1) is 13.8. The van der Waals surface area contributed by atoms with E-state index in [-0.39, 0.29) is 5.92 Å². The molecule has 4 rings (SSSR count). The van der Waals surface area contributed by atoms with Crippen LogP contribution in [0.2, 0.25) is 0 Å². The second-order valence-corrected chi connectivity index (χ2v) is 9.71. The third-order valence-corrected chi connectivity index (χ3v) is 7.43. The Hall–Kier alpha value is -2.51. The van der Waals surface area contributed by atoms with Crippen molar-refractivity contribution in [3.8, 4) is 11.4 Å². The first kappa shape index (κ1) is 19.8. The molecule has 6 nitrogen and oxygen atoms in total. The van der Waals surface area contributed by atoms with Crippen LogP contribution in [0, 0.1) is 20.8 Å². The van der Waals surface area contributed by atoms with Crippen molar-refractivity contribution in [2.24, 2.45) is 0 Å². The van der Waals surface area contributed by atoms with Crippen LogP contribution in [0.5, 0.6) is 0 Å². The summed E-state index contributed by atoms with van der Waals surface area (Å²) in [7, 11) is -3.55. The van der Waals surface area contributed by atoms with Gasteiger partial charge in [-0.25, -0.2) is 8.42 Å². The predicted molar refractivity (Wildman–Crippen MR) is 111 cm³/mol. The lowest BCUT2D eigenvalue weighted by atomic mass is 10.00. The van der Waals surface area contributed by atoms with Crippen molar-refractivity contribution in [2.45, 2.75) is 44.4 Å². The smallest absolute Gasteiger partial charge is 0.243 e. The molecule has 1 aliphatic rings. The molecule has 0 N–H and O–H groups in total. The predicted octanol–water partition coefficient (Wildman–Crippen LogP) is 4.23. The van der Waals surface area contributed by atoms with Crippen molar-refractivity contribution in [1.29, 1.82) is 0 Å². The SMILES string of the molecule is Cc1cccc(-c2noc([C@@H]3CCCN(S(=O)(=O)c4ccc(C)c(C)c4)C3)n2)c1. The van der Waals surface area contributed by atoms with Gasteiger partial charge in [0.25, 0.3) is 0 Å². The van der Waals surface area contributed by atoms with E-state index in [2.05, 4.69) is 10.1 Å². The summed E-state index contributed by atoms with van der Waals surface area (Å²) in [5.41, 5.74) is 4.07. The van der Waals surface area contributed by atoms with Gasteiger partial charge in [-0.15, -0.1) is 0 Å². The van der Waals surface area contributed by atoms with Crippen molar-refractivity contribution < 1.29 is 12.9 Å². The molecule has 152 valence electrons. The van der Waals surface area contributed by atoms with Gasteiger partial charge in [-0.3, -0.25) is 0 Å². The minimum absolute atomic E-state index is 0.101. The zero-order valence-electron chi connectivity index (χ0n) is 16.9. The Morgan fingerprint density at radius 2 is 1.90 bits per heavy atom.